The van der Waals surface area contributed by atoms with Gasteiger partial charge in [-0.3, -0.25) is 14.9 Å². The fourth-order valence-electron chi connectivity index (χ4n) is 3.19. The average molecular weight is 441 g/mol. The molecule has 0 saturated carbocycles. The number of nitro benzene ring substituents is 1. The smallest absolute Gasteiger partial charge is 0.289 e. The van der Waals surface area contributed by atoms with Crippen molar-refractivity contribution in [3.8, 4) is 0 Å². The number of hydrogen-bond acceptors (Lipinski definition) is 5. The molecular formula is C18H19F2N4O5S+. The second kappa shape index (κ2) is 8.81. The molecule has 0 bridgehead atoms. The van der Waals surface area contributed by atoms with Gasteiger partial charge in [0.05, 0.1) is 31.1 Å². The number of hydrogen-bond donors (Lipinski definition) is 2. The van der Waals surface area contributed by atoms with Crippen LogP contribution in [0, 0.1) is 21.7 Å². The van der Waals surface area contributed by atoms with E-state index in [9.17, 15) is 32.1 Å². The molecule has 9 nitrogen and oxygen atoms in total. The number of halogens is 2. The van der Waals surface area contributed by atoms with Gasteiger partial charge in [-0.1, -0.05) is 12.1 Å². The first-order chi connectivity index (χ1) is 14.2. The first-order valence-electron chi connectivity index (χ1n) is 9.00. The standard InChI is InChI=1S/C18H18F2N4O5S/c19-14-6-5-13(11-15(14)20)21-18(25)12-22-7-9-23(10-8-22)30(28,29)17-4-2-1-3-16(17)24(26)27/h1-6,11H,7-10,12H2,(H,21,25)/p+1. The minimum atomic E-state index is -4.05. The molecule has 1 aliphatic heterocycles. The van der Waals surface area contributed by atoms with Crippen molar-refractivity contribution in [1.82, 2.24) is 4.31 Å². The SMILES string of the molecule is O=C(C[NH+]1CCN(S(=O)(=O)c2ccccc2[N+](=O)[O-])CC1)Nc1ccc(F)c(F)c1. The Kier molecular flexibility index (Phi) is 6.39. The molecule has 0 unspecified atom stereocenters. The third kappa shape index (κ3) is 4.78. The highest BCUT2D eigenvalue weighted by molar-refractivity contribution is 7.89. The third-order valence-corrected chi connectivity index (χ3v) is 6.67. The normalized spacial score (nSPS) is 15.7. The Labute approximate surface area is 171 Å². The number of sulfonamides is 1. The van der Waals surface area contributed by atoms with E-state index in [2.05, 4.69) is 5.32 Å². The van der Waals surface area contributed by atoms with E-state index in [0.29, 0.717) is 13.1 Å². The highest BCUT2D eigenvalue weighted by Gasteiger charge is 2.35. The lowest BCUT2D eigenvalue weighted by Gasteiger charge is -2.31. The molecule has 0 aromatic heterocycles. The Morgan fingerprint density at radius 2 is 1.80 bits per heavy atom. The predicted molar refractivity (Wildman–Crippen MR) is 102 cm³/mol. The summed E-state index contributed by atoms with van der Waals surface area (Å²) < 4.78 is 53.0. The van der Waals surface area contributed by atoms with E-state index in [1.165, 1.54) is 24.3 Å². The maximum Gasteiger partial charge on any atom is 0.289 e. The van der Waals surface area contributed by atoms with Crippen LogP contribution < -0.4 is 10.2 Å². The molecule has 0 atom stereocenters. The van der Waals surface area contributed by atoms with Gasteiger partial charge in [-0.25, -0.2) is 17.2 Å². The van der Waals surface area contributed by atoms with Crippen LogP contribution in [0.1, 0.15) is 0 Å². The van der Waals surface area contributed by atoms with Gasteiger partial charge in [0.1, 0.15) is 0 Å². The summed E-state index contributed by atoms with van der Waals surface area (Å²) in [5.41, 5.74) is -0.367. The fourth-order valence-corrected chi connectivity index (χ4v) is 4.79. The van der Waals surface area contributed by atoms with Crippen LogP contribution in [0.15, 0.2) is 47.4 Å². The number of para-hydroxylation sites is 1. The van der Waals surface area contributed by atoms with Gasteiger partial charge in [-0.15, -0.1) is 0 Å². The van der Waals surface area contributed by atoms with Crippen molar-refractivity contribution < 1.29 is 31.8 Å². The van der Waals surface area contributed by atoms with Gasteiger partial charge in [0, 0.05) is 17.8 Å². The zero-order valence-corrected chi connectivity index (χ0v) is 16.5. The summed E-state index contributed by atoms with van der Waals surface area (Å²) in [6, 6.07) is 8.17. The number of nitrogens with zero attached hydrogens (tertiary/aromatic N) is 2. The quantitative estimate of drug-likeness (QED) is 0.498. The highest BCUT2D eigenvalue weighted by Crippen LogP contribution is 2.26. The van der Waals surface area contributed by atoms with Crippen molar-refractivity contribution in [2.75, 3.05) is 38.0 Å². The number of rotatable bonds is 6. The number of piperazine rings is 1. The molecule has 2 N–H and O–H groups in total. The second-order valence-electron chi connectivity index (χ2n) is 6.73. The zero-order valence-electron chi connectivity index (χ0n) is 15.7. The molecule has 1 heterocycles. The predicted octanol–water partition coefficient (Wildman–Crippen LogP) is 0.401. The molecule has 3 rings (SSSR count). The van der Waals surface area contributed by atoms with Crippen LogP contribution in [0.2, 0.25) is 0 Å². The lowest BCUT2D eigenvalue weighted by Crippen LogP contribution is -3.15. The molecule has 2 aromatic rings. The Morgan fingerprint density at radius 3 is 2.43 bits per heavy atom. The van der Waals surface area contributed by atoms with Crippen LogP contribution in [0.4, 0.5) is 20.2 Å². The van der Waals surface area contributed by atoms with Crippen molar-refractivity contribution in [2.45, 2.75) is 4.90 Å². The number of amides is 1. The van der Waals surface area contributed by atoms with Crippen LogP contribution in [0.3, 0.4) is 0 Å². The van der Waals surface area contributed by atoms with Crippen LogP contribution in [0.25, 0.3) is 0 Å². The first kappa shape index (κ1) is 21.7. The van der Waals surface area contributed by atoms with Crippen LogP contribution >= 0.6 is 0 Å². The van der Waals surface area contributed by atoms with Crippen molar-refractivity contribution in [1.29, 1.82) is 0 Å². The molecular weight excluding hydrogens is 422 g/mol. The number of anilines is 1. The largest absolute Gasteiger partial charge is 0.325 e. The van der Waals surface area contributed by atoms with Crippen LogP contribution in [-0.2, 0) is 14.8 Å². The van der Waals surface area contributed by atoms with E-state index in [4.69, 9.17) is 0 Å². The minimum absolute atomic E-state index is 0.0123. The maximum atomic E-state index is 13.2. The molecule has 0 radical (unpaired) electrons. The minimum Gasteiger partial charge on any atom is -0.325 e. The van der Waals surface area contributed by atoms with Gasteiger partial charge < -0.3 is 10.2 Å². The number of benzene rings is 2. The van der Waals surface area contributed by atoms with Gasteiger partial charge in [0.15, 0.2) is 23.1 Å². The summed E-state index contributed by atoms with van der Waals surface area (Å²) in [6.45, 7) is 0.804. The Balaban J connectivity index is 1.60. The molecule has 2 aromatic carbocycles. The van der Waals surface area contributed by atoms with E-state index >= 15 is 0 Å². The summed E-state index contributed by atoms with van der Waals surface area (Å²) in [4.78, 5) is 23.0. The summed E-state index contributed by atoms with van der Waals surface area (Å²) >= 11 is 0. The van der Waals surface area contributed by atoms with E-state index in [-0.39, 0.29) is 30.2 Å². The van der Waals surface area contributed by atoms with Gasteiger partial charge in [-0.2, -0.15) is 4.31 Å². The van der Waals surface area contributed by atoms with Gasteiger partial charge in [-0.05, 0) is 18.2 Å². The molecule has 1 amide bonds. The van der Waals surface area contributed by atoms with E-state index in [1.54, 1.807) is 0 Å². The van der Waals surface area contributed by atoms with Crippen molar-refractivity contribution in [3.05, 3.63) is 64.2 Å². The summed E-state index contributed by atoms with van der Waals surface area (Å²) in [6.07, 6.45) is 0. The first-order valence-corrected chi connectivity index (χ1v) is 10.4. The fraction of sp³-hybridized carbons (Fsp3) is 0.278. The topological polar surface area (TPSA) is 114 Å². The van der Waals surface area contributed by atoms with E-state index in [1.807, 2.05) is 0 Å². The molecule has 0 aliphatic carbocycles. The zero-order chi connectivity index (χ0) is 21.9. The van der Waals surface area contributed by atoms with Gasteiger partial charge >= 0.3 is 0 Å². The van der Waals surface area contributed by atoms with E-state index in [0.717, 1.165) is 27.4 Å². The van der Waals surface area contributed by atoms with Gasteiger partial charge in [0.2, 0.25) is 10.0 Å². The van der Waals surface area contributed by atoms with Crippen LogP contribution in [-0.4, -0.2) is 56.3 Å². The second-order valence-corrected chi connectivity index (χ2v) is 8.64. The van der Waals surface area contributed by atoms with Crippen molar-refractivity contribution >= 4 is 27.3 Å². The number of nitrogens with one attached hydrogen (secondary N) is 2. The lowest BCUT2D eigenvalue weighted by molar-refractivity contribution is -0.895. The maximum absolute atomic E-state index is 13.2. The molecule has 1 aliphatic rings. The average Bonchev–Trinajstić information content (AvgIpc) is 2.71. The number of carbonyl (C=O) groups excluding carboxylic acids is 1. The summed E-state index contributed by atoms with van der Waals surface area (Å²) in [5, 5.41) is 13.6. The molecule has 30 heavy (non-hydrogen) atoms. The van der Waals surface area contributed by atoms with E-state index < -0.39 is 38.2 Å². The monoisotopic (exact) mass is 441 g/mol. The number of nitro groups is 1. The summed E-state index contributed by atoms with van der Waals surface area (Å²) in [7, 11) is -4.05. The van der Waals surface area contributed by atoms with Crippen LogP contribution in [0.5, 0.6) is 0 Å². The number of carbonyl (C=O) groups is 1. The molecule has 0 spiro atoms. The number of quaternary nitrogens is 1. The highest BCUT2D eigenvalue weighted by atomic mass is 32.2. The molecule has 1 saturated heterocycles. The third-order valence-electron chi connectivity index (χ3n) is 4.72. The summed E-state index contributed by atoms with van der Waals surface area (Å²) in [5.74, 6) is -2.52. The van der Waals surface area contributed by atoms with Crippen molar-refractivity contribution in [3.63, 3.8) is 0 Å². The lowest BCUT2D eigenvalue weighted by atomic mass is 10.3. The Morgan fingerprint density at radius 1 is 1.13 bits per heavy atom. The van der Waals surface area contributed by atoms with Crippen molar-refractivity contribution in [2.24, 2.45) is 0 Å². The molecule has 1 fully saturated rings. The Bertz CT molecular complexity index is 1070. The van der Waals surface area contributed by atoms with Gasteiger partial charge in [0.25, 0.3) is 11.6 Å². The Hall–Kier alpha value is -2.96. The molecule has 12 heteroatoms. The molecule has 160 valence electrons.